The quantitative estimate of drug-likeness (QED) is 0.838. The summed E-state index contributed by atoms with van der Waals surface area (Å²) < 4.78 is 14.5. The van der Waals surface area contributed by atoms with E-state index >= 15 is 0 Å². The Labute approximate surface area is 133 Å². The predicted octanol–water partition coefficient (Wildman–Crippen LogP) is 3.06. The van der Waals surface area contributed by atoms with Gasteiger partial charge in [0.1, 0.15) is 5.75 Å². The minimum Gasteiger partial charge on any atom is -0.495 e. The number of benzene rings is 1. The molecule has 0 radical (unpaired) electrons. The lowest BCUT2D eigenvalue weighted by Crippen LogP contribution is -2.13. The average molecular weight is 403 g/mol. The van der Waals surface area contributed by atoms with Gasteiger partial charge >= 0.3 is 0 Å². The van der Waals surface area contributed by atoms with Gasteiger partial charge in [-0.2, -0.15) is 5.10 Å². The van der Waals surface area contributed by atoms with Crippen LogP contribution in [0.2, 0.25) is 0 Å². The summed E-state index contributed by atoms with van der Waals surface area (Å²) in [6.07, 6.45) is 0.796. The van der Waals surface area contributed by atoms with E-state index in [1.165, 1.54) is 0 Å². The third-order valence-corrected chi connectivity index (χ3v) is 4.55. The molecule has 0 saturated carbocycles. The molecule has 0 fully saturated rings. The molecule has 0 atom stereocenters. The molecule has 0 aliphatic carbocycles. The van der Waals surface area contributed by atoms with Crippen molar-refractivity contribution in [2.45, 2.75) is 13.0 Å². The fourth-order valence-electron chi connectivity index (χ4n) is 2.30. The summed E-state index contributed by atoms with van der Waals surface area (Å²) in [7, 11) is 1.64. The number of rotatable bonds is 2. The van der Waals surface area contributed by atoms with Crippen LogP contribution in [0.15, 0.2) is 21.1 Å². The first-order valence-corrected chi connectivity index (χ1v) is 7.67. The van der Waals surface area contributed by atoms with Gasteiger partial charge in [-0.1, -0.05) is 0 Å². The Kier molecular flexibility index (Phi) is 3.74. The van der Waals surface area contributed by atoms with Crippen LogP contribution < -0.4 is 10.5 Å². The average Bonchev–Trinajstić information content (AvgIpc) is 2.77. The Morgan fingerprint density at radius 2 is 2.15 bits per heavy atom. The van der Waals surface area contributed by atoms with Gasteiger partial charge in [0.05, 0.1) is 36.2 Å². The van der Waals surface area contributed by atoms with E-state index in [9.17, 15) is 0 Å². The maximum absolute atomic E-state index is 5.98. The molecule has 20 heavy (non-hydrogen) atoms. The molecule has 1 aliphatic rings. The predicted molar refractivity (Wildman–Crippen MR) is 83.3 cm³/mol. The van der Waals surface area contributed by atoms with Crippen LogP contribution in [-0.4, -0.2) is 23.5 Å². The standard InChI is InChI=1S/C13H13Br2N3O2/c1-19-12-5-11(8(14)4-9(12)15)18-10-2-3-20-6-7(10)13(16)17-18/h4-5H,2-3,6H2,1H3,(H2,16,17). The van der Waals surface area contributed by atoms with Gasteiger partial charge in [0, 0.05) is 22.5 Å². The summed E-state index contributed by atoms with van der Waals surface area (Å²) in [5, 5.41) is 4.44. The molecule has 0 amide bonds. The number of nitrogens with two attached hydrogens (primary N) is 1. The first-order chi connectivity index (χ1) is 9.61. The highest BCUT2D eigenvalue weighted by Crippen LogP contribution is 2.35. The van der Waals surface area contributed by atoms with Crippen LogP contribution in [0.5, 0.6) is 5.75 Å². The van der Waals surface area contributed by atoms with Gasteiger partial charge in [-0.3, -0.25) is 0 Å². The lowest BCUT2D eigenvalue weighted by molar-refractivity contribution is 0.110. The molecule has 0 unspecified atom stereocenters. The molecule has 0 bridgehead atoms. The van der Waals surface area contributed by atoms with Gasteiger partial charge in [0.2, 0.25) is 0 Å². The molecule has 5 nitrogen and oxygen atoms in total. The highest BCUT2D eigenvalue weighted by atomic mass is 79.9. The molecule has 106 valence electrons. The van der Waals surface area contributed by atoms with Crippen LogP contribution in [0.4, 0.5) is 5.82 Å². The highest BCUT2D eigenvalue weighted by molar-refractivity contribution is 9.11. The maximum atomic E-state index is 5.98. The molecule has 0 spiro atoms. The number of anilines is 1. The van der Waals surface area contributed by atoms with Crippen molar-refractivity contribution in [2.24, 2.45) is 0 Å². The Balaban J connectivity index is 2.18. The number of fused-ring (bicyclic) bond motifs is 1. The van der Waals surface area contributed by atoms with E-state index in [0.29, 0.717) is 19.0 Å². The second-order valence-electron chi connectivity index (χ2n) is 4.46. The van der Waals surface area contributed by atoms with Gasteiger partial charge < -0.3 is 15.2 Å². The van der Waals surface area contributed by atoms with Crippen LogP contribution in [0, 0.1) is 0 Å². The number of nitrogen functional groups attached to an aromatic ring is 1. The van der Waals surface area contributed by atoms with Crippen LogP contribution >= 0.6 is 31.9 Å². The van der Waals surface area contributed by atoms with Crippen molar-refractivity contribution in [3.8, 4) is 11.4 Å². The molecule has 3 rings (SSSR count). The van der Waals surface area contributed by atoms with Crippen molar-refractivity contribution in [1.29, 1.82) is 0 Å². The Bertz CT molecular complexity index is 670. The van der Waals surface area contributed by atoms with E-state index in [-0.39, 0.29) is 0 Å². The summed E-state index contributed by atoms with van der Waals surface area (Å²) in [6, 6.07) is 3.87. The summed E-state index contributed by atoms with van der Waals surface area (Å²) in [4.78, 5) is 0. The monoisotopic (exact) mass is 401 g/mol. The smallest absolute Gasteiger partial charge is 0.151 e. The number of hydrogen-bond donors (Lipinski definition) is 1. The first kappa shape index (κ1) is 13.9. The van der Waals surface area contributed by atoms with Crippen LogP contribution in [0.1, 0.15) is 11.3 Å². The molecule has 1 aromatic carbocycles. The second kappa shape index (κ2) is 5.38. The maximum Gasteiger partial charge on any atom is 0.151 e. The minimum absolute atomic E-state index is 0.520. The van der Waals surface area contributed by atoms with Crippen molar-refractivity contribution in [1.82, 2.24) is 9.78 Å². The second-order valence-corrected chi connectivity index (χ2v) is 6.17. The number of aromatic nitrogens is 2. The third kappa shape index (κ3) is 2.23. The van der Waals surface area contributed by atoms with Gasteiger partial charge in [-0.05, 0) is 37.9 Å². The molecule has 2 heterocycles. The van der Waals surface area contributed by atoms with Crippen molar-refractivity contribution in [2.75, 3.05) is 19.5 Å². The number of ether oxygens (including phenoxy) is 2. The minimum atomic E-state index is 0.520. The molecule has 7 heteroatoms. The van der Waals surface area contributed by atoms with Crippen molar-refractivity contribution < 1.29 is 9.47 Å². The Morgan fingerprint density at radius 1 is 1.35 bits per heavy atom. The topological polar surface area (TPSA) is 62.3 Å². The SMILES string of the molecule is COc1cc(-n2nc(N)c3c2CCOC3)c(Br)cc1Br. The molecule has 1 aromatic heterocycles. The van der Waals surface area contributed by atoms with Crippen molar-refractivity contribution >= 4 is 37.7 Å². The largest absolute Gasteiger partial charge is 0.495 e. The molecular formula is C13H13Br2N3O2. The summed E-state index contributed by atoms with van der Waals surface area (Å²) >= 11 is 7.03. The normalized spacial score (nSPS) is 14.2. The van der Waals surface area contributed by atoms with E-state index in [4.69, 9.17) is 15.2 Å². The zero-order valence-electron chi connectivity index (χ0n) is 10.8. The zero-order valence-corrected chi connectivity index (χ0v) is 14.0. The van der Waals surface area contributed by atoms with E-state index in [1.54, 1.807) is 7.11 Å². The van der Waals surface area contributed by atoms with Crippen molar-refractivity contribution in [3.05, 3.63) is 32.3 Å². The molecular weight excluding hydrogens is 390 g/mol. The molecule has 2 N–H and O–H groups in total. The molecule has 1 aliphatic heterocycles. The van der Waals surface area contributed by atoms with E-state index in [0.717, 1.165) is 38.1 Å². The summed E-state index contributed by atoms with van der Waals surface area (Å²) in [5.74, 6) is 1.27. The van der Waals surface area contributed by atoms with E-state index < -0.39 is 0 Å². The lowest BCUT2D eigenvalue weighted by Gasteiger charge is -2.16. The van der Waals surface area contributed by atoms with Gasteiger partial charge in [0.15, 0.2) is 5.82 Å². The summed E-state index contributed by atoms with van der Waals surface area (Å²) in [5.41, 5.74) is 8.96. The van der Waals surface area contributed by atoms with Gasteiger partial charge in [0.25, 0.3) is 0 Å². The highest BCUT2D eigenvalue weighted by Gasteiger charge is 2.22. The molecule has 2 aromatic rings. The van der Waals surface area contributed by atoms with E-state index in [1.807, 2.05) is 16.8 Å². The fraction of sp³-hybridized carbons (Fsp3) is 0.308. The Morgan fingerprint density at radius 3 is 2.90 bits per heavy atom. The van der Waals surface area contributed by atoms with Crippen LogP contribution in [-0.2, 0) is 17.8 Å². The zero-order chi connectivity index (χ0) is 14.3. The Hall–Kier alpha value is -1.05. The van der Waals surface area contributed by atoms with Crippen LogP contribution in [0.3, 0.4) is 0 Å². The molecule has 0 saturated heterocycles. The summed E-state index contributed by atoms with van der Waals surface area (Å²) in [6.45, 7) is 1.20. The van der Waals surface area contributed by atoms with Crippen molar-refractivity contribution in [3.63, 3.8) is 0 Å². The first-order valence-electron chi connectivity index (χ1n) is 6.09. The van der Waals surface area contributed by atoms with Gasteiger partial charge in [-0.15, -0.1) is 0 Å². The number of methoxy groups -OCH3 is 1. The van der Waals surface area contributed by atoms with Crippen LogP contribution in [0.25, 0.3) is 5.69 Å². The van der Waals surface area contributed by atoms with Gasteiger partial charge in [-0.25, -0.2) is 4.68 Å². The fourth-order valence-corrected chi connectivity index (χ4v) is 3.62. The third-order valence-electron chi connectivity index (χ3n) is 3.30. The number of nitrogens with zero attached hydrogens (tertiary/aromatic N) is 2. The number of halogens is 2. The number of hydrogen-bond acceptors (Lipinski definition) is 4. The lowest BCUT2D eigenvalue weighted by atomic mass is 10.1. The van der Waals surface area contributed by atoms with E-state index in [2.05, 4.69) is 37.0 Å².